The zero-order valence-electron chi connectivity index (χ0n) is 6.71. The molecule has 2 aliphatic rings. The second-order valence-corrected chi connectivity index (χ2v) is 3.45. The maximum Gasteiger partial charge on any atom is 0.144 e. The maximum absolute atomic E-state index is 10.9. The SMILES string of the molecule is O=C1CC[N+]2(CCCO2)CC1. The minimum Gasteiger partial charge on any atom is -0.299 e. The smallest absolute Gasteiger partial charge is 0.144 e. The van der Waals surface area contributed by atoms with E-state index in [4.69, 9.17) is 4.84 Å². The predicted octanol–water partition coefficient (Wildman–Crippen LogP) is 0.501. The summed E-state index contributed by atoms with van der Waals surface area (Å²) < 4.78 is 0.770. The number of piperidine rings is 1. The zero-order chi connectivity index (χ0) is 7.73. The largest absolute Gasteiger partial charge is 0.299 e. The van der Waals surface area contributed by atoms with Crippen LogP contribution in [-0.4, -0.2) is 36.7 Å². The molecule has 62 valence electrons. The van der Waals surface area contributed by atoms with E-state index in [9.17, 15) is 4.79 Å². The first kappa shape index (κ1) is 7.25. The van der Waals surface area contributed by atoms with Gasteiger partial charge in [0, 0.05) is 6.42 Å². The highest BCUT2D eigenvalue weighted by Gasteiger charge is 2.38. The number of hydrogen-bond donors (Lipinski definition) is 0. The third-order valence-electron chi connectivity index (χ3n) is 2.67. The topological polar surface area (TPSA) is 26.3 Å². The molecule has 0 atom stereocenters. The number of nitrogens with zero attached hydrogens (tertiary/aromatic N) is 1. The van der Waals surface area contributed by atoms with E-state index < -0.39 is 0 Å². The van der Waals surface area contributed by atoms with Crippen molar-refractivity contribution < 1.29 is 14.3 Å². The number of ketones is 1. The van der Waals surface area contributed by atoms with Crippen LogP contribution in [0.5, 0.6) is 0 Å². The van der Waals surface area contributed by atoms with Gasteiger partial charge in [0.2, 0.25) is 0 Å². The summed E-state index contributed by atoms with van der Waals surface area (Å²) in [6.45, 7) is 3.83. The molecule has 0 aromatic heterocycles. The van der Waals surface area contributed by atoms with Gasteiger partial charge in [0.15, 0.2) is 0 Å². The summed E-state index contributed by atoms with van der Waals surface area (Å²) in [5.74, 6) is 0.407. The summed E-state index contributed by atoms with van der Waals surface area (Å²) in [6, 6.07) is 0. The third-order valence-corrected chi connectivity index (χ3v) is 2.67. The van der Waals surface area contributed by atoms with Crippen LogP contribution in [0.15, 0.2) is 0 Å². The summed E-state index contributed by atoms with van der Waals surface area (Å²) in [4.78, 5) is 16.6. The van der Waals surface area contributed by atoms with Gasteiger partial charge in [0.25, 0.3) is 0 Å². The summed E-state index contributed by atoms with van der Waals surface area (Å²) in [7, 11) is 0. The van der Waals surface area contributed by atoms with Gasteiger partial charge in [-0.2, -0.15) is 4.65 Å². The monoisotopic (exact) mass is 156 g/mol. The molecule has 0 radical (unpaired) electrons. The molecule has 1 spiro atoms. The fourth-order valence-electron chi connectivity index (χ4n) is 1.92. The van der Waals surface area contributed by atoms with E-state index >= 15 is 0 Å². The maximum atomic E-state index is 10.9. The van der Waals surface area contributed by atoms with Gasteiger partial charge in [0.05, 0.1) is 12.8 Å². The summed E-state index contributed by atoms with van der Waals surface area (Å²) in [5.41, 5.74) is 0. The van der Waals surface area contributed by atoms with E-state index in [1.165, 1.54) is 0 Å². The first-order valence-corrected chi connectivity index (χ1v) is 4.33. The average Bonchev–Trinajstić information content (AvgIpc) is 2.45. The molecule has 0 aromatic rings. The Labute approximate surface area is 66.5 Å². The van der Waals surface area contributed by atoms with Crippen molar-refractivity contribution in [1.29, 1.82) is 0 Å². The van der Waals surface area contributed by atoms with Gasteiger partial charge in [-0.05, 0) is 0 Å². The lowest BCUT2D eigenvalue weighted by molar-refractivity contribution is -1.09. The highest BCUT2D eigenvalue weighted by molar-refractivity contribution is 5.78. The van der Waals surface area contributed by atoms with Gasteiger partial charge in [-0.15, -0.1) is 0 Å². The van der Waals surface area contributed by atoms with Crippen LogP contribution in [0.1, 0.15) is 19.3 Å². The van der Waals surface area contributed by atoms with Crippen molar-refractivity contribution >= 4 is 5.78 Å². The van der Waals surface area contributed by atoms with Gasteiger partial charge >= 0.3 is 0 Å². The molecule has 2 fully saturated rings. The Kier molecular flexibility index (Phi) is 1.69. The second-order valence-electron chi connectivity index (χ2n) is 3.45. The highest BCUT2D eigenvalue weighted by Crippen LogP contribution is 2.22. The molecule has 0 unspecified atom stereocenters. The lowest BCUT2D eigenvalue weighted by Crippen LogP contribution is -2.49. The molecule has 0 bridgehead atoms. The number of carbonyl (C=O) groups is 1. The number of carbonyl (C=O) groups excluding carboxylic acids is 1. The van der Waals surface area contributed by atoms with E-state index in [0.29, 0.717) is 5.78 Å². The molecule has 11 heavy (non-hydrogen) atoms. The second kappa shape index (κ2) is 2.57. The van der Waals surface area contributed by atoms with Gasteiger partial charge in [-0.25, -0.2) is 4.84 Å². The van der Waals surface area contributed by atoms with Crippen LogP contribution >= 0.6 is 0 Å². The molecule has 2 saturated heterocycles. The quantitative estimate of drug-likeness (QED) is 0.477. The molecule has 2 heterocycles. The summed E-state index contributed by atoms with van der Waals surface area (Å²) >= 11 is 0. The Hall–Kier alpha value is -0.410. The molecule has 3 nitrogen and oxygen atoms in total. The molecule has 0 saturated carbocycles. The van der Waals surface area contributed by atoms with Crippen molar-refractivity contribution in [2.45, 2.75) is 19.3 Å². The van der Waals surface area contributed by atoms with Crippen molar-refractivity contribution in [2.24, 2.45) is 0 Å². The van der Waals surface area contributed by atoms with Crippen molar-refractivity contribution in [3.63, 3.8) is 0 Å². The van der Waals surface area contributed by atoms with E-state index in [-0.39, 0.29) is 0 Å². The van der Waals surface area contributed by atoms with E-state index in [0.717, 1.165) is 50.1 Å². The van der Waals surface area contributed by atoms with Crippen molar-refractivity contribution in [3.8, 4) is 0 Å². The standard InChI is InChI=1S/C8H14NO2/c10-8-2-5-9(6-3-8)4-1-7-11-9/h1-7H2/q+1. The third kappa shape index (κ3) is 1.30. The fraction of sp³-hybridized carbons (Fsp3) is 0.875. The van der Waals surface area contributed by atoms with Crippen molar-refractivity contribution in [2.75, 3.05) is 26.2 Å². The molecule has 0 aliphatic carbocycles. The highest BCUT2D eigenvalue weighted by atomic mass is 16.7. The molecule has 2 aliphatic heterocycles. The average molecular weight is 156 g/mol. The van der Waals surface area contributed by atoms with Gasteiger partial charge in [-0.1, -0.05) is 0 Å². The Balaban J connectivity index is 1.99. The summed E-state index contributed by atoms with van der Waals surface area (Å²) in [6.07, 6.45) is 2.61. The minimum absolute atomic E-state index is 0.407. The molecule has 0 N–H and O–H groups in total. The normalized spacial score (nSPS) is 29.6. The van der Waals surface area contributed by atoms with Crippen LogP contribution in [-0.2, 0) is 9.63 Å². The van der Waals surface area contributed by atoms with Crippen LogP contribution in [0.3, 0.4) is 0 Å². The van der Waals surface area contributed by atoms with E-state index in [2.05, 4.69) is 0 Å². The van der Waals surface area contributed by atoms with E-state index in [1.54, 1.807) is 0 Å². The van der Waals surface area contributed by atoms with Gasteiger partial charge in [0.1, 0.15) is 32.0 Å². The lowest BCUT2D eigenvalue weighted by atomic mass is 10.1. The predicted molar refractivity (Wildman–Crippen MR) is 39.7 cm³/mol. The Morgan fingerprint density at radius 2 is 1.91 bits per heavy atom. The van der Waals surface area contributed by atoms with Gasteiger partial charge in [-0.3, -0.25) is 4.79 Å². The van der Waals surface area contributed by atoms with Gasteiger partial charge < -0.3 is 0 Å². The van der Waals surface area contributed by atoms with Crippen LogP contribution in [0.25, 0.3) is 0 Å². The lowest BCUT2D eigenvalue weighted by Gasteiger charge is -2.32. The van der Waals surface area contributed by atoms with Crippen LogP contribution < -0.4 is 0 Å². The Morgan fingerprint density at radius 1 is 1.18 bits per heavy atom. The van der Waals surface area contributed by atoms with Crippen molar-refractivity contribution in [1.82, 2.24) is 0 Å². The molecule has 0 aromatic carbocycles. The van der Waals surface area contributed by atoms with E-state index in [1.807, 2.05) is 0 Å². The Bertz CT molecular complexity index is 161. The van der Waals surface area contributed by atoms with Crippen LogP contribution in [0.4, 0.5) is 0 Å². The number of hydroxylamine groups is 3. The molecular formula is C8H14NO2+. The number of hydrogen-bond acceptors (Lipinski definition) is 2. The minimum atomic E-state index is 0.407. The molecule has 3 heteroatoms. The van der Waals surface area contributed by atoms with Crippen LogP contribution in [0.2, 0.25) is 0 Å². The summed E-state index contributed by atoms with van der Waals surface area (Å²) in [5, 5.41) is 0. The first-order chi connectivity index (χ1) is 5.31. The first-order valence-electron chi connectivity index (χ1n) is 4.33. The fourth-order valence-corrected chi connectivity index (χ4v) is 1.92. The number of quaternary nitrogens is 1. The number of Topliss-reactive ketones (excluding diaryl/α,β-unsaturated/α-hetero) is 1. The molecule has 0 amide bonds. The molecular weight excluding hydrogens is 142 g/mol. The van der Waals surface area contributed by atoms with Crippen molar-refractivity contribution in [3.05, 3.63) is 0 Å². The zero-order valence-corrected chi connectivity index (χ0v) is 6.71. The molecule has 2 rings (SSSR count). The van der Waals surface area contributed by atoms with Crippen LogP contribution in [0, 0.1) is 0 Å². The Morgan fingerprint density at radius 3 is 2.45 bits per heavy atom. The number of rotatable bonds is 0.